The van der Waals surface area contributed by atoms with E-state index in [1.54, 1.807) is 11.0 Å². The van der Waals surface area contributed by atoms with E-state index in [9.17, 15) is 14.9 Å². The second kappa shape index (κ2) is 6.31. The molecule has 24 heavy (non-hydrogen) atoms. The van der Waals surface area contributed by atoms with Crippen LogP contribution in [0.25, 0.3) is 0 Å². The third kappa shape index (κ3) is 3.11. The fourth-order valence-electron chi connectivity index (χ4n) is 4.17. The smallest absolute Gasteiger partial charge is 0.251 e. The van der Waals surface area contributed by atoms with Crippen LogP contribution in [0.5, 0.6) is 0 Å². The Balaban J connectivity index is 1.84. The van der Waals surface area contributed by atoms with Gasteiger partial charge >= 0.3 is 0 Å². The van der Waals surface area contributed by atoms with Gasteiger partial charge in [-0.05, 0) is 37.9 Å². The molecule has 3 rings (SSSR count). The summed E-state index contributed by atoms with van der Waals surface area (Å²) >= 11 is 0. The maximum absolute atomic E-state index is 12.9. The molecular weight excluding hydrogens is 306 g/mol. The van der Waals surface area contributed by atoms with E-state index in [2.05, 4.69) is 18.7 Å². The summed E-state index contributed by atoms with van der Waals surface area (Å²) in [5, 5.41) is 11.3. The average Bonchev–Trinajstić information content (AvgIpc) is 2.78. The zero-order valence-corrected chi connectivity index (χ0v) is 14.9. The number of amides is 1. The molecule has 1 atom stereocenters. The van der Waals surface area contributed by atoms with Crippen molar-refractivity contribution in [2.75, 3.05) is 26.2 Å². The molecule has 0 aromatic heterocycles. The number of hydrogen-bond acceptors (Lipinski definition) is 4. The SMILES string of the molecule is CC1CC2=C(C=C1[N+](=O)[O-])N(C(=O)CN1CCCCC1)CC2(C)C. The second-order valence-corrected chi connectivity index (χ2v) is 8.00. The van der Waals surface area contributed by atoms with Crippen LogP contribution in [0.4, 0.5) is 0 Å². The van der Waals surface area contributed by atoms with Crippen LogP contribution in [0.15, 0.2) is 23.0 Å². The molecule has 1 fully saturated rings. The van der Waals surface area contributed by atoms with E-state index in [4.69, 9.17) is 0 Å². The van der Waals surface area contributed by atoms with Crippen molar-refractivity contribution < 1.29 is 9.72 Å². The van der Waals surface area contributed by atoms with Gasteiger partial charge in [0.2, 0.25) is 5.91 Å². The van der Waals surface area contributed by atoms with Gasteiger partial charge in [-0.15, -0.1) is 0 Å². The van der Waals surface area contributed by atoms with Gasteiger partial charge in [0.05, 0.1) is 17.4 Å². The lowest BCUT2D eigenvalue weighted by atomic mass is 9.78. The van der Waals surface area contributed by atoms with E-state index < -0.39 is 0 Å². The second-order valence-electron chi connectivity index (χ2n) is 8.00. The first-order chi connectivity index (χ1) is 11.3. The van der Waals surface area contributed by atoms with E-state index in [1.807, 2.05) is 6.92 Å². The molecule has 0 bridgehead atoms. The highest BCUT2D eigenvalue weighted by atomic mass is 16.6. The lowest BCUT2D eigenvalue weighted by Gasteiger charge is -2.29. The Morgan fingerprint density at radius 3 is 2.62 bits per heavy atom. The van der Waals surface area contributed by atoms with Crippen LogP contribution in [0.3, 0.4) is 0 Å². The summed E-state index contributed by atoms with van der Waals surface area (Å²) in [6, 6.07) is 0. The van der Waals surface area contributed by atoms with Crippen LogP contribution in [-0.4, -0.2) is 46.8 Å². The maximum Gasteiger partial charge on any atom is 0.251 e. The van der Waals surface area contributed by atoms with Crippen molar-refractivity contribution in [2.24, 2.45) is 11.3 Å². The quantitative estimate of drug-likeness (QED) is 0.588. The van der Waals surface area contributed by atoms with Crippen molar-refractivity contribution in [3.63, 3.8) is 0 Å². The zero-order chi connectivity index (χ0) is 17.5. The summed E-state index contributed by atoms with van der Waals surface area (Å²) in [5.74, 6) is -0.0290. The molecule has 3 aliphatic rings. The number of carbonyl (C=O) groups excluding carboxylic acids is 1. The molecule has 2 aliphatic heterocycles. The summed E-state index contributed by atoms with van der Waals surface area (Å²) in [4.78, 5) is 27.9. The van der Waals surface area contributed by atoms with E-state index in [0.717, 1.165) is 31.6 Å². The minimum Gasteiger partial charge on any atom is -0.310 e. The first-order valence-corrected chi connectivity index (χ1v) is 8.92. The van der Waals surface area contributed by atoms with Gasteiger partial charge in [0.15, 0.2) is 0 Å². The van der Waals surface area contributed by atoms with E-state index in [0.29, 0.717) is 19.5 Å². The van der Waals surface area contributed by atoms with E-state index >= 15 is 0 Å². The monoisotopic (exact) mass is 333 g/mol. The molecule has 0 spiro atoms. The Morgan fingerprint density at radius 2 is 2.00 bits per heavy atom. The van der Waals surface area contributed by atoms with E-state index in [-0.39, 0.29) is 27.9 Å². The Morgan fingerprint density at radius 1 is 1.33 bits per heavy atom. The molecular formula is C18H27N3O3. The molecule has 6 nitrogen and oxygen atoms in total. The van der Waals surface area contributed by atoms with Crippen molar-refractivity contribution in [3.8, 4) is 0 Å². The predicted octanol–water partition coefficient (Wildman–Crippen LogP) is 2.80. The number of likely N-dealkylation sites (tertiary alicyclic amines) is 1. The first kappa shape index (κ1) is 17.1. The molecule has 1 saturated heterocycles. The first-order valence-electron chi connectivity index (χ1n) is 8.92. The fraction of sp³-hybridized carbons (Fsp3) is 0.722. The predicted molar refractivity (Wildman–Crippen MR) is 91.7 cm³/mol. The van der Waals surface area contributed by atoms with Crippen molar-refractivity contribution in [1.82, 2.24) is 9.80 Å². The van der Waals surface area contributed by atoms with Crippen LogP contribution in [0, 0.1) is 21.4 Å². The molecule has 0 N–H and O–H groups in total. The van der Waals surface area contributed by atoms with Gasteiger partial charge in [-0.1, -0.05) is 27.2 Å². The van der Waals surface area contributed by atoms with Crippen LogP contribution < -0.4 is 0 Å². The van der Waals surface area contributed by atoms with Gasteiger partial charge in [0.1, 0.15) is 0 Å². The standard InChI is InChI=1S/C18H27N3O3/c1-13-9-14-16(10-15(13)21(23)24)20(12-18(14,2)3)17(22)11-19-7-5-4-6-8-19/h10,13H,4-9,11-12H2,1-3H3. The highest BCUT2D eigenvalue weighted by molar-refractivity contribution is 5.82. The van der Waals surface area contributed by atoms with Crippen LogP contribution in [-0.2, 0) is 4.79 Å². The van der Waals surface area contributed by atoms with Crippen molar-refractivity contribution >= 4 is 5.91 Å². The van der Waals surface area contributed by atoms with Gasteiger partial charge < -0.3 is 4.90 Å². The van der Waals surface area contributed by atoms with Gasteiger partial charge in [-0.3, -0.25) is 19.8 Å². The van der Waals surface area contributed by atoms with Crippen molar-refractivity contribution in [3.05, 3.63) is 33.2 Å². The number of carbonyl (C=O) groups is 1. The lowest BCUT2D eigenvalue weighted by molar-refractivity contribution is -0.433. The molecule has 1 amide bonds. The van der Waals surface area contributed by atoms with Crippen LogP contribution >= 0.6 is 0 Å². The van der Waals surface area contributed by atoms with E-state index in [1.165, 1.54) is 12.0 Å². The lowest BCUT2D eigenvalue weighted by Crippen LogP contribution is -2.42. The summed E-state index contributed by atoms with van der Waals surface area (Å²) in [6.45, 7) is 9.15. The summed E-state index contributed by atoms with van der Waals surface area (Å²) < 4.78 is 0. The number of nitro groups is 1. The molecule has 0 aromatic carbocycles. The molecule has 6 heteroatoms. The largest absolute Gasteiger partial charge is 0.310 e. The molecule has 0 radical (unpaired) electrons. The Labute approximate surface area is 143 Å². The minimum atomic E-state index is -0.299. The summed E-state index contributed by atoms with van der Waals surface area (Å²) in [6.07, 6.45) is 5.85. The topological polar surface area (TPSA) is 66.7 Å². The number of nitrogens with zero attached hydrogens (tertiary/aromatic N) is 3. The highest BCUT2D eigenvalue weighted by Gasteiger charge is 2.44. The fourth-order valence-corrected chi connectivity index (χ4v) is 4.17. The molecule has 0 aromatic rings. The van der Waals surface area contributed by atoms with Crippen molar-refractivity contribution in [2.45, 2.75) is 46.5 Å². The third-order valence-electron chi connectivity index (χ3n) is 5.59. The van der Waals surface area contributed by atoms with Crippen LogP contribution in [0.1, 0.15) is 46.5 Å². The molecule has 1 aliphatic carbocycles. The molecule has 2 heterocycles. The van der Waals surface area contributed by atoms with Gasteiger partial charge in [0.25, 0.3) is 5.70 Å². The minimum absolute atomic E-state index is 0.0727. The summed E-state index contributed by atoms with van der Waals surface area (Å²) in [5.41, 5.74) is 2.08. The highest BCUT2D eigenvalue weighted by Crippen LogP contribution is 2.46. The van der Waals surface area contributed by atoms with Gasteiger partial charge in [-0.25, -0.2) is 0 Å². The summed E-state index contributed by atoms with van der Waals surface area (Å²) in [7, 11) is 0. The van der Waals surface area contributed by atoms with Crippen molar-refractivity contribution in [1.29, 1.82) is 0 Å². The van der Waals surface area contributed by atoms with Crippen LogP contribution in [0.2, 0.25) is 0 Å². The molecule has 0 saturated carbocycles. The number of rotatable bonds is 3. The molecule has 132 valence electrons. The van der Waals surface area contributed by atoms with Gasteiger partial charge in [0, 0.05) is 23.7 Å². The Kier molecular flexibility index (Phi) is 4.51. The average molecular weight is 333 g/mol. The third-order valence-corrected chi connectivity index (χ3v) is 5.59. The normalized spacial score (nSPS) is 27.0. The number of allylic oxidation sites excluding steroid dienone is 2. The Bertz CT molecular complexity index is 615. The number of piperidine rings is 1. The van der Waals surface area contributed by atoms with Gasteiger partial charge in [-0.2, -0.15) is 0 Å². The number of hydrogen-bond donors (Lipinski definition) is 0. The Hall–Kier alpha value is -1.69. The molecule has 1 unspecified atom stereocenters. The maximum atomic E-state index is 12.9. The zero-order valence-electron chi connectivity index (χ0n) is 14.9.